The number of nitriles is 1. The number of aliphatic hydroxyl groups is 1. The summed E-state index contributed by atoms with van der Waals surface area (Å²) in [6.07, 6.45) is 6.78. The first-order chi connectivity index (χ1) is 19.9. The summed E-state index contributed by atoms with van der Waals surface area (Å²) in [7, 11) is 0. The Morgan fingerprint density at radius 2 is 2.14 bits per heavy atom. The predicted octanol–water partition coefficient (Wildman–Crippen LogP) is 6.39. The minimum Gasteiger partial charge on any atom is -0.656 e. The molecule has 0 saturated heterocycles. The largest absolute Gasteiger partial charge is 0.656 e. The summed E-state index contributed by atoms with van der Waals surface area (Å²) in [5, 5.41) is 33.8. The van der Waals surface area contributed by atoms with Crippen LogP contribution in [0, 0.1) is 57.2 Å². The number of halogens is 1. The number of carbonyl (C=O) groups excluding carboxylic acids is 2. The van der Waals surface area contributed by atoms with Gasteiger partial charge in [0.2, 0.25) is 11.1 Å². The summed E-state index contributed by atoms with van der Waals surface area (Å²) >= 11 is 0.898. The molecule has 0 bridgehead atoms. The highest BCUT2D eigenvalue weighted by Crippen LogP contribution is 2.70. The molecule has 1 aromatic heterocycles. The summed E-state index contributed by atoms with van der Waals surface area (Å²) in [6.45, 7) is 8.04. The molecule has 8 nitrogen and oxygen atoms in total. The number of allylic oxidation sites excluding steroid dienone is 3. The Kier molecular flexibility index (Phi) is 8.14. The topological polar surface area (TPSA) is 138 Å². The van der Waals surface area contributed by atoms with Gasteiger partial charge in [0.1, 0.15) is 0 Å². The van der Waals surface area contributed by atoms with E-state index in [9.17, 15) is 19.1 Å². The second-order valence-electron chi connectivity index (χ2n) is 12.7. The lowest BCUT2D eigenvalue weighted by atomic mass is 9.44. The van der Waals surface area contributed by atoms with Crippen LogP contribution in [0.3, 0.4) is 0 Å². The van der Waals surface area contributed by atoms with Gasteiger partial charge in [-0.3, -0.25) is 9.59 Å². The van der Waals surface area contributed by atoms with E-state index >= 15 is 0 Å². The number of aliphatic hydroxyl groups excluding tert-OH is 1. The lowest BCUT2D eigenvalue weighted by molar-refractivity contribution is -0.197. The predicted molar refractivity (Wildman–Crippen MR) is 158 cm³/mol. The third-order valence-electron chi connectivity index (χ3n) is 10.6. The van der Waals surface area contributed by atoms with Crippen molar-refractivity contribution in [2.24, 2.45) is 34.5 Å². The Labute approximate surface area is 250 Å². The summed E-state index contributed by atoms with van der Waals surface area (Å²) in [5.41, 5.74) is 0.455. The van der Waals surface area contributed by atoms with Gasteiger partial charge in [0.05, 0.1) is 17.9 Å². The molecule has 4 aliphatic carbocycles. The monoisotopic (exact) mass is 593 g/mol. The first-order valence-corrected chi connectivity index (χ1v) is 15.7. The molecular formula is C32H38FN4O4S-. The maximum absolute atomic E-state index is 13.7. The molecule has 3 fully saturated rings. The number of hydrogen-bond donors (Lipinski definition) is 2. The Morgan fingerprint density at radius 3 is 2.79 bits per heavy atom. The van der Waals surface area contributed by atoms with Crippen molar-refractivity contribution in [3.63, 3.8) is 0 Å². The zero-order valence-electron chi connectivity index (χ0n) is 24.5. The Morgan fingerprint density at radius 1 is 1.38 bits per heavy atom. The molecular weight excluding hydrogens is 555 g/mol. The zero-order chi connectivity index (χ0) is 30.4. The molecule has 0 amide bonds. The van der Waals surface area contributed by atoms with Crippen LogP contribution in [0.4, 0.5) is 10.1 Å². The number of rotatable bonds is 7. The minimum absolute atomic E-state index is 0.0248. The van der Waals surface area contributed by atoms with Gasteiger partial charge in [-0.25, -0.2) is 4.98 Å². The number of aromatic nitrogens is 1. The van der Waals surface area contributed by atoms with Gasteiger partial charge < -0.3 is 20.6 Å². The van der Waals surface area contributed by atoms with Crippen molar-refractivity contribution in [3.05, 3.63) is 52.5 Å². The van der Waals surface area contributed by atoms with Crippen LogP contribution < -0.4 is 0 Å². The average molecular weight is 594 g/mol. The van der Waals surface area contributed by atoms with Gasteiger partial charge in [0.15, 0.2) is 5.60 Å². The van der Waals surface area contributed by atoms with Crippen molar-refractivity contribution in [1.29, 1.82) is 10.7 Å². The second kappa shape index (κ2) is 11.2. The van der Waals surface area contributed by atoms with Crippen molar-refractivity contribution < 1.29 is 23.8 Å². The van der Waals surface area contributed by atoms with Crippen LogP contribution in [0.1, 0.15) is 66.2 Å². The van der Waals surface area contributed by atoms with Crippen molar-refractivity contribution in [3.8, 4) is 6.07 Å². The first kappa shape index (κ1) is 30.4. The standard InChI is InChI=1S/C32H38FN4O4S/c1-5-27(39)41-32(29(40)42-11-10-34)9-8-22-21-12-18(2)23-13-24(37-20-6-7-26(33)36-17-20)19(16-35)14-30(23,3)28(21)25(38)15-31(22,32)4/h6-7,13,16-18,21-22,25,28,38H,5,8-9,11-12,14-15H2,1-4H3,(H-,35,37)/q-1/t18-,21-,22?,25-,28?,30-,31-,32-/m0/s1. The molecule has 1 heterocycles. The highest BCUT2D eigenvalue weighted by atomic mass is 32.2. The molecule has 2 N–H and O–H groups in total. The average Bonchev–Trinajstić information content (AvgIpc) is 3.24. The Balaban J connectivity index is 1.51. The van der Waals surface area contributed by atoms with Crippen molar-refractivity contribution >= 4 is 34.7 Å². The van der Waals surface area contributed by atoms with Crippen LogP contribution in [0.5, 0.6) is 0 Å². The normalized spacial score (nSPS) is 37.0. The van der Waals surface area contributed by atoms with Crippen LogP contribution in [-0.4, -0.2) is 44.8 Å². The van der Waals surface area contributed by atoms with Gasteiger partial charge in [0.25, 0.3) is 0 Å². The number of hydrogen-bond acceptors (Lipinski definition) is 8. The molecule has 0 radical (unpaired) electrons. The van der Waals surface area contributed by atoms with E-state index in [1.807, 2.05) is 19.1 Å². The van der Waals surface area contributed by atoms with E-state index in [-0.39, 0.29) is 41.0 Å². The molecule has 3 saturated carbocycles. The fourth-order valence-electron chi connectivity index (χ4n) is 8.94. The number of thioether (sulfide) groups is 1. The molecule has 0 aromatic carbocycles. The summed E-state index contributed by atoms with van der Waals surface area (Å²) in [6, 6.07) is 4.83. The third kappa shape index (κ3) is 4.69. The fourth-order valence-corrected chi connectivity index (χ4v) is 9.75. The van der Waals surface area contributed by atoms with Crippen LogP contribution >= 0.6 is 11.8 Å². The molecule has 5 rings (SSSR count). The van der Waals surface area contributed by atoms with Crippen LogP contribution in [0.2, 0.25) is 0 Å². The Bertz CT molecular complexity index is 1390. The molecule has 1 aromatic rings. The van der Waals surface area contributed by atoms with Gasteiger partial charge in [-0.2, -0.15) is 9.65 Å². The quantitative estimate of drug-likeness (QED) is 0.212. The molecule has 0 aliphatic heterocycles. The SMILES string of the molecule is CCC(=O)O[C@]1(C(=O)SCC#N)CCC2[C@@H]3C[C@H](C)C4=CC([N-]c5ccc(F)nc5)=C(C=N)C[C@]4(C)C3[C@@H](O)C[C@@]21C. The zero-order valence-corrected chi connectivity index (χ0v) is 25.3. The molecule has 10 heteroatoms. The molecule has 224 valence electrons. The summed E-state index contributed by atoms with van der Waals surface area (Å²) in [4.78, 5) is 30.1. The fraction of sp³-hybridized carbons (Fsp3) is 0.594. The molecule has 0 spiro atoms. The number of pyridine rings is 1. The van der Waals surface area contributed by atoms with E-state index in [2.05, 4.69) is 18.8 Å². The maximum Gasteiger partial charge on any atom is 0.306 e. The number of nitrogens with zero attached hydrogens (tertiary/aromatic N) is 3. The molecule has 4 aliphatic rings. The lowest BCUT2D eigenvalue weighted by Gasteiger charge is -2.62. The first-order valence-electron chi connectivity index (χ1n) is 14.7. The van der Waals surface area contributed by atoms with E-state index in [1.54, 1.807) is 13.0 Å². The van der Waals surface area contributed by atoms with E-state index in [0.29, 0.717) is 37.1 Å². The van der Waals surface area contributed by atoms with Crippen LogP contribution in [-0.2, 0) is 14.3 Å². The van der Waals surface area contributed by atoms with Gasteiger partial charge in [-0.1, -0.05) is 57.2 Å². The Hall–Kier alpha value is -3.03. The molecule has 8 atom stereocenters. The van der Waals surface area contributed by atoms with E-state index in [1.165, 1.54) is 24.1 Å². The maximum atomic E-state index is 13.7. The minimum atomic E-state index is -1.39. The van der Waals surface area contributed by atoms with Crippen molar-refractivity contribution in [1.82, 2.24) is 4.98 Å². The summed E-state index contributed by atoms with van der Waals surface area (Å²) < 4.78 is 19.4. The van der Waals surface area contributed by atoms with Gasteiger partial charge in [0, 0.05) is 24.2 Å². The van der Waals surface area contributed by atoms with Gasteiger partial charge in [-0.15, -0.1) is 11.4 Å². The lowest BCUT2D eigenvalue weighted by Crippen LogP contribution is -2.63. The second-order valence-corrected chi connectivity index (χ2v) is 13.7. The van der Waals surface area contributed by atoms with Crippen LogP contribution in [0.15, 0.2) is 41.2 Å². The van der Waals surface area contributed by atoms with Crippen molar-refractivity contribution in [2.75, 3.05) is 5.75 Å². The number of esters is 1. The highest BCUT2D eigenvalue weighted by Gasteiger charge is 2.71. The molecule has 42 heavy (non-hydrogen) atoms. The number of ether oxygens (including phenoxy) is 1. The number of carbonyl (C=O) groups is 2. The smallest absolute Gasteiger partial charge is 0.306 e. The van der Waals surface area contributed by atoms with Crippen LogP contribution in [0.25, 0.3) is 5.32 Å². The van der Waals surface area contributed by atoms with E-state index in [0.717, 1.165) is 23.8 Å². The third-order valence-corrected chi connectivity index (χ3v) is 11.5. The summed E-state index contributed by atoms with van der Waals surface area (Å²) in [5.74, 6) is -0.934. The number of fused-ring (bicyclic) bond motifs is 5. The highest BCUT2D eigenvalue weighted by molar-refractivity contribution is 8.14. The number of nitrogens with one attached hydrogen (secondary N) is 1. The van der Waals surface area contributed by atoms with E-state index in [4.69, 9.17) is 20.7 Å². The van der Waals surface area contributed by atoms with E-state index < -0.39 is 34.5 Å². The van der Waals surface area contributed by atoms with Crippen molar-refractivity contribution in [2.45, 2.75) is 77.9 Å². The van der Waals surface area contributed by atoms with Gasteiger partial charge in [-0.05, 0) is 72.8 Å². The van der Waals surface area contributed by atoms with Gasteiger partial charge >= 0.3 is 5.97 Å². The molecule has 2 unspecified atom stereocenters.